The highest BCUT2D eigenvalue weighted by molar-refractivity contribution is 5.61. The van der Waals surface area contributed by atoms with Gasteiger partial charge in [-0.1, -0.05) is 0 Å². The Morgan fingerprint density at radius 2 is 2.33 bits per heavy atom. The highest BCUT2D eigenvalue weighted by atomic mass is 16.6. The SMILES string of the molecule is N#Cc1cc([N+](=O)[O-])ccc1NCC(N)C1CC1. The van der Waals surface area contributed by atoms with Gasteiger partial charge in [-0.15, -0.1) is 0 Å². The molecule has 0 bridgehead atoms. The molecule has 0 radical (unpaired) electrons. The number of hydrogen-bond donors (Lipinski definition) is 2. The average Bonchev–Trinajstić information content (AvgIpc) is 3.19. The molecule has 1 aromatic rings. The molecule has 94 valence electrons. The normalized spacial score (nSPS) is 15.8. The molecule has 3 N–H and O–H groups in total. The third kappa shape index (κ3) is 2.76. The number of hydrogen-bond acceptors (Lipinski definition) is 5. The van der Waals surface area contributed by atoms with Gasteiger partial charge in [0.05, 0.1) is 16.2 Å². The number of anilines is 1. The van der Waals surface area contributed by atoms with Crippen LogP contribution in [0.15, 0.2) is 18.2 Å². The zero-order valence-corrected chi connectivity index (χ0v) is 9.80. The van der Waals surface area contributed by atoms with E-state index in [-0.39, 0.29) is 17.3 Å². The molecule has 0 saturated heterocycles. The van der Waals surface area contributed by atoms with E-state index in [1.165, 1.54) is 12.1 Å². The van der Waals surface area contributed by atoms with E-state index < -0.39 is 4.92 Å². The Bertz CT molecular complexity index is 505. The van der Waals surface area contributed by atoms with Crippen molar-refractivity contribution in [2.24, 2.45) is 11.7 Å². The van der Waals surface area contributed by atoms with Crippen LogP contribution in [0.5, 0.6) is 0 Å². The topological polar surface area (TPSA) is 105 Å². The maximum atomic E-state index is 10.6. The molecule has 1 saturated carbocycles. The Morgan fingerprint density at radius 1 is 1.61 bits per heavy atom. The molecule has 0 spiro atoms. The molecule has 1 atom stereocenters. The Hall–Kier alpha value is -2.13. The highest BCUT2D eigenvalue weighted by Gasteiger charge is 2.28. The van der Waals surface area contributed by atoms with E-state index in [0.717, 1.165) is 12.8 Å². The standard InChI is InChI=1S/C12H14N4O2/c13-6-9-5-10(16(17)18)3-4-12(9)15-7-11(14)8-1-2-8/h3-5,8,11,15H,1-2,7,14H2. The van der Waals surface area contributed by atoms with Crippen LogP contribution in [0.3, 0.4) is 0 Å². The molecular formula is C12H14N4O2. The summed E-state index contributed by atoms with van der Waals surface area (Å²) in [5.41, 5.74) is 6.73. The van der Waals surface area contributed by atoms with Gasteiger partial charge in [0.1, 0.15) is 6.07 Å². The molecule has 0 aromatic heterocycles. The van der Waals surface area contributed by atoms with Crippen LogP contribution in [-0.4, -0.2) is 17.5 Å². The molecule has 1 unspecified atom stereocenters. The monoisotopic (exact) mass is 246 g/mol. The summed E-state index contributed by atoms with van der Waals surface area (Å²) in [6, 6.07) is 6.23. The first-order valence-electron chi connectivity index (χ1n) is 5.80. The Labute approximate surface area is 105 Å². The first-order chi connectivity index (χ1) is 8.61. The maximum absolute atomic E-state index is 10.6. The Balaban J connectivity index is 2.07. The van der Waals surface area contributed by atoms with Gasteiger partial charge in [0.15, 0.2) is 0 Å². The van der Waals surface area contributed by atoms with Crippen LogP contribution in [0.4, 0.5) is 11.4 Å². The van der Waals surface area contributed by atoms with E-state index in [1.54, 1.807) is 6.07 Å². The van der Waals surface area contributed by atoms with Gasteiger partial charge in [0, 0.05) is 24.7 Å². The van der Waals surface area contributed by atoms with Gasteiger partial charge in [-0.2, -0.15) is 5.26 Å². The van der Waals surface area contributed by atoms with Crippen molar-refractivity contribution < 1.29 is 4.92 Å². The Kier molecular flexibility index (Phi) is 3.44. The quantitative estimate of drug-likeness (QED) is 0.606. The smallest absolute Gasteiger partial charge is 0.270 e. The second kappa shape index (κ2) is 5.02. The van der Waals surface area contributed by atoms with Gasteiger partial charge in [-0.05, 0) is 24.8 Å². The van der Waals surface area contributed by atoms with E-state index in [9.17, 15) is 10.1 Å². The summed E-state index contributed by atoms with van der Waals surface area (Å²) in [6.07, 6.45) is 2.32. The van der Waals surface area contributed by atoms with E-state index in [4.69, 9.17) is 11.0 Å². The average molecular weight is 246 g/mol. The van der Waals surface area contributed by atoms with Crippen molar-refractivity contribution in [2.75, 3.05) is 11.9 Å². The fourth-order valence-electron chi connectivity index (χ4n) is 1.81. The predicted octanol–water partition coefficient (Wildman–Crippen LogP) is 1.62. The van der Waals surface area contributed by atoms with Crippen molar-refractivity contribution in [3.8, 4) is 6.07 Å². The van der Waals surface area contributed by atoms with Crippen LogP contribution >= 0.6 is 0 Å². The summed E-state index contributed by atoms with van der Waals surface area (Å²) in [4.78, 5) is 10.1. The summed E-state index contributed by atoms with van der Waals surface area (Å²) in [5.74, 6) is 0.570. The van der Waals surface area contributed by atoms with Crippen molar-refractivity contribution in [3.05, 3.63) is 33.9 Å². The van der Waals surface area contributed by atoms with Crippen molar-refractivity contribution in [3.63, 3.8) is 0 Å². The first-order valence-corrected chi connectivity index (χ1v) is 5.80. The molecule has 1 aliphatic carbocycles. The van der Waals surface area contributed by atoms with E-state index in [2.05, 4.69) is 5.32 Å². The number of nitrogens with one attached hydrogen (secondary N) is 1. The summed E-state index contributed by atoms with van der Waals surface area (Å²) in [7, 11) is 0. The molecule has 0 aliphatic heterocycles. The van der Waals surface area contributed by atoms with E-state index >= 15 is 0 Å². The van der Waals surface area contributed by atoms with Crippen LogP contribution in [0.2, 0.25) is 0 Å². The summed E-state index contributed by atoms with van der Waals surface area (Å²) in [5, 5.41) is 22.6. The van der Waals surface area contributed by atoms with Gasteiger partial charge >= 0.3 is 0 Å². The zero-order chi connectivity index (χ0) is 13.1. The maximum Gasteiger partial charge on any atom is 0.270 e. The fourth-order valence-corrected chi connectivity index (χ4v) is 1.81. The molecule has 0 amide bonds. The van der Waals surface area contributed by atoms with Crippen LogP contribution in [-0.2, 0) is 0 Å². The molecule has 1 aliphatic rings. The second-order valence-electron chi connectivity index (χ2n) is 4.48. The third-order valence-corrected chi connectivity index (χ3v) is 3.09. The number of nitro benzene ring substituents is 1. The summed E-state index contributed by atoms with van der Waals surface area (Å²) < 4.78 is 0. The third-order valence-electron chi connectivity index (χ3n) is 3.09. The molecule has 18 heavy (non-hydrogen) atoms. The fraction of sp³-hybridized carbons (Fsp3) is 0.417. The van der Waals surface area contributed by atoms with Gasteiger partial charge in [-0.3, -0.25) is 10.1 Å². The Morgan fingerprint density at radius 3 is 2.89 bits per heavy atom. The lowest BCUT2D eigenvalue weighted by Crippen LogP contribution is -2.31. The second-order valence-corrected chi connectivity index (χ2v) is 4.48. The number of non-ortho nitro benzene ring substituents is 1. The molecule has 2 rings (SSSR count). The van der Waals surface area contributed by atoms with Crippen molar-refractivity contribution in [1.29, 1.82) is 5.26 Å². The van der Waals surface area contributed by atoms with Crippen LogP contribution in [0, 0.1) is 27.4 Å². The highest BCUT2D eigenvalue weighted by Crippen LogP contribution is 2.31. The summed E-state index contributed by atoms with van der Waals surface area (Å²) >= 11 is 0. The lowest BCUT2D eigenvalue weighted by molar-refractivity contribution is -0.384. The van der Waals surface area contributed by atoms with Crippen molar-refractivity contribution in [1.82, 2.24) is 0 Å². The van der Waals surface area contributed by atoms with E-state index in [1.807, 2.05) is 6.07 Å². The molecule has 6 nitrogen and oxygen atoms in total. The van der Waals surface area contributed by atoms with Gasteiger partial charge in [0.2, 0.25) is 0 Å². The zero-order valence-electron chi connectivity index (χ0n) is 9.80. The number of benzene rings is 1. The molecular weight excluding hydrogens is 232 g/mol. The largest absolute Gasteiger partial charge is 0.382 e. The van der Waals surface area contributed by atoms with Gasteiger partial charge in [0.25, 0.3) is 5.69 Å². The lowest BCUT2D eigenvalue weighted by atomic mass is 10.1. The minimum atomic E-state index is -0.513. The molecule has 1 aromatic carbocycles. The van der Waals surface area contributed by atoms with Crippen molar-refractivity contribution >= 4 is 11.4 Å². The number of nitro groups is 1. The lowest BCUT2D eigenvalue weighted by Gasteiger charge is -2.13. The first kappa shape index (κ1) is 12.3. The van der Waals surface area contributed by atoms with Crippen LogP contribution in [0.25, 0.3) is 0 Å². The van der Waals surface area contributed by atoms with E-state index in [0.29, 0.717) is 18.2 Å². The van der Waals surface area contributed by atoms with Gasteiger partial charge < -0.3 is 11.1 Å². The van der Waals surface area contributed by atoms with Gasteiger partial charge in [-0.25, -0.2) is 0 Å². The molecule has 1 fully saturated rings. The minimum absolute atomic E-state index is 0.0757. The minimum Gasteiger partial charge on any atom is -0.382 e. The summed E-state index contributed by atoms with van der Waals surface area (Å²) in [6.45, 7) is 0.581. The van der Waals surface area contributed by atoms with Crippen molar-refractivity contribution in [2.45, 2.75) is 18.9 Å². The van der Waals surface area contributed by atoms with Crippen LogP contribution < -0.4 is 11.1 Å². The number of rotatable bonds is 5. The number of nitrogens with two attached hydrogens (primary N) is 1. The molecule has 6 heteroatoms. The number of nitrogens with zero attached hydrogens (tertiary/aromatic N) is 2. The van der Waals surface area contributed by atoms with Crippen LogP contribution in [0.1, 0.15) is 18.4 Å². The predicted molar refractivity (Wildman–Crippen MR) is 67.0 cm³/mol. The number of nitriles is 1. The molecule has 0 heterocycles.